The molecule has 0 aromatic carbocycles. The number of anilines is 8. The first-order valence-electron chi connectivity index (χ1n) is 25.4. The lowest BCUT2D eigenvalue weighted by molar-refractivity contribution is -0.139. The van der Waals surface area contributed by atoms with Crippen LogP contribution in [-0.4, -0.2) is 122 Å². The summed E-state index contributed by atoms with van der Waals surface area (Å²) < 4.78 is 5.08. The Kier molecular flexibility index (Phi) is 37.6. The quantitative estimate of drug-likeness (QED) is 0.0147. The van der Waals surface area contributed by atoms with E-state index in [1.54, 1.807) is 6.92 Å². The monoisotopic (exact) mass is 974 g/mol. The molecule has 9 N–H and O–H groups in total. The van der Waals surface area contributed by atoms with Crippen LogP contribution in [0.5, 0.6) is 0 Å². The summed E-state index contributed by atoms with van der Waals surface area (Å²) in [5.41, 5.74) is 0.434. The van der Waals surface area contributed by atoms with Crippen molar-refractivity contribution >= 4 is 65.2 Å². The fourth-order valence-electron chi connectivity index (χ4n) is 5.50. The number of halogens is 1. The zero-order chi connectivity index (χ0) is 49.9. The summed E-state index contributed by atoms with van der Waals surface area (Å²) in [6, 6.07) is 0. The fraction of sp³-hybridized carbons (Fsp3) is 0.745. The van der Waals surface area contributed by atoms with Gasteiger partial charge in [-0.25, -0.2) is 4.79 Å². The van der Waals surface area contributed by atoms with Crippen LogP contribution in [0.25, 0.3) is 0 Å². The standard InChI is InChI=1S/C20H36N6O2.C16H32N6O.C11H20ClN5/c1-5-7-12-21-18-24-19(22-13-8-6-2)26-20(25-18)23-14-10-9-11-15-28-17(27)16(3)4;1-3-5-10-17-14-20-15(18-11-6-4-2)22-16(21-14)19-12-8-7-9-13-23;1-3-5-7-13-10-15-9(12)16-11(17-10)14-8-6-4-2/h3,5-15H2,1-2,4H3,(H3,21,22,23,24,25,26);23H,3-13H2,1-2H3,(H3,17,18,19,20,21,22);3-8H2,1-2H3,(H2,13,14,15,16,17). The third kappa shape index (κ3) is 32.6. The van der Waals surface area contributed by atoms with Crippen molar-refractivity contribution in [2.45, 2.75) is 164 Å². The van der Waals surface area contributed by atoms with Gasteiger partial charge in [0.25, 0.3) is 0 Å². The van der Waals surface area contributed by atoms with Crippen molar-refractivity contribution in [2.24, 2.45) is 0 Å². The van der Waals surface area contributed by atoms with Gasteiger partial charge in [0.15, 0.2) is 0 Å². The molecule has 0 aliphatic rings. The highest BCUT2D eigenvalue weighted by atomic mass is 35.5. The van der Waals surface area contributed by atoms with Crippen molar-refractivity contribution in [1.82, 2.24) is 44.9 Å². The normalized spacial score (nSPS) is 10.4. The van der Waals surface area contributed by atoms with Gasteiger partial charge in [-0.3, -0.25) is 0 Å². The molecule has 0 aliphatic carbocycles. The molecule has 0 saturated heterocycles. The zero-order valence-electron chi connectivity index (χ0n) is 42.7. The molecule has 0 radical (unpaired) electrons. The predicted octanol–water partition coefficient (Wildman–Crippen LogP) is 9.82. The number of aliphatic hydroxyl groups is 1. The van der Waals surface area contributed by atoms with E-state index < -0.39 is 0 Å². The molecule has 68 heavy (non-hydrogen) atoms. The molecule has 3 rings (SSSR count). The molecular weight excluding hydrogens is 886 g/mol. The van der Waals surface area contributed by atoms with E-state index in [2.05, 4.69) is 136 Å². The number of esters is 1. The van der Waals surface area contributed by atoms with Gasteiger partial charge in [-0.05, 0) is 95.6 Å². The van der Waals surface area contributed by atoms with E-state index in [0.29, 0.717) is 59.8 Å². The van der Waals surface area contributed by atoms with Gasteiger partial charge >= 0.3 is 5.97 Å². The van der Waals surface area contributed by atoms with E-state index in [1.807, 2.05) is 0 Å². The highest BCUT2D eigenvalue weighted by molar-refractivity contribution is 6.28. The Morgan fingerprint density at radius 1 is 0.426 bits per heavy atom. The zero-order valence-corrected chi connectivity index (χ0v) is 43.4. The minimum atomic E-state index is -0.325. The molecule has 0 saturated carbocycles. The number of rotatable bonds is 38. The van der Waals surface area contributed by atoms with Crippen LogP contribution < -0.4 is 42.5 Å². The first-order chi connectivity index (χ1) is 33.1. The molecular formula is C47H88ClN17O3. The van der Waals surface area contributed by atoms with Crippen molar-refractivity contribution in [2.75, 3.05) is 108 Å². The Labute approximate surface area is 412 Å². The van der Waals surface area contributed by atoms with Crippen LogP contribution in [0.3, 0.4) is 0 Å². The highest BCUT2D eigenvalue weighted by Gasteiger charge is 2.09. The molecule has 0 amide bonds. The van der Waals surface area contributed by atoms with E-state index in [1.165, 1.54) is 0 Å². The molecule has 0 aliphatic heterocycles. The summed E-state index contributed by atoms with van der Waals surface area (Å²) in [5, 5.41) is 34.8. The van der Waals surface area contributed by atoms with Crippen molar-refractivity contribution in [3.05, 3.63) is 17.4 Å². The summed E-state index contributed by atoms with van der Waals surface area (Å²) in [6.07, 6.45) is 18.8. The summed E-state index contributed by atoms with van der Waals surface area (Å²) in [7, 11) is 0. The molecule has 0 spiro atoms. The molecule has 0 bridgehead atoms. The lowest BCUT2D eigenvalue weighted by Crippen LogP contribution is -2.14. The van der Waals surface area contributed by atoms with Crippen LogP contribution >= 0.6 is 11.6 Å². The van der Waals surface area contributed by atoms with Gasteiger partial charge in [-0.2, -0.15) is 44.9 Å². The maximum absolute atomic E-state index is 11.3. The number of aromatic nitrogens is 9. The summed E-state index contributed by atoms with van der Waals surface area (Å²) in [5.74, 6) is 4.34. The third-order valence-corrected chi connectivity index (χ3v) is 9.73. The van der Waals surface area contributed by atoms with Crippen molar-refractivity contribution in [3.63, 3.8) is 0 Å². The molecule has 0 atom stereocenters. The first-order valence-corrected chi connectivity index (χ1v) is 25.8. The van der Waals surface area contributed by atoms with E-state index in [-0.39, 0.29) is 17.9 Å². The molecule has 3 heterocycles. The predicted molar refractivity (Wildman–Crippen MR) is 282 cm³/mol. The van der Waals surface area contributed by atoms with Crippen LogP contribution in [0.1, 0.15) is 164 Å². The van der Waals surface area contributed by atoms with Crippen LogP contribution in [0, 0.1) is 0 Å². The largest absolute Gasteiger partial charge is 0.462 e. The van der Waals surface area contributed by atoms with Gasteiger partial charge in [-0.15, -0.1) is 0 Å². The second-order valence-electron chi connectivity index (χ2n) is 16.2. The van der Waals surface area contributed by atoms with E-state index in [9.17, 15) is 4.79 Å². The minimum absolute atomic E-state index is 0.220. The summed E-state index contributed by atoms with van der Waals surface area (Å²) >= 11 is 5.83. The van der Waals surface area contributed by atoms with Gasteiger partial charge in [0.05, 0.1) is 6.61 Å². The Morgan fingerprint density at radius 2 is 0.676 bits per heavy atom. The second-order valence-corrected chi connectivity index (χ2v) is 16.5. The molecule has 21 heteroatoms. The lowest BCUT2D eigenvalue weighted by Gasteiger charge is -2.11. The van der Waals surface area contributed by atoms with E-state index in [4.69, 9.17) is 21.4 Å². The molecule has 3 aromatic rings. The minimum Gasteiger partial charge on any atom is -0.462 e. The summed E-state index contributed by atoms with van der Waals surface area (Å²) in [4.78, 5) is 50.2. The van der Waals surface area contributed by atoms with Crippen molar-refractivity contribution < 1.29 is 14.6 Å². The fourth-order valence-corrected chi connectivity index (χ4v) is 5.66. The van der Waals surface area contributed by atoms with Crippen LogP contribution in [0.2, 0.25) is 5.28 Å². The number of hydrogen-bond acceptors (Lipinski definition) is 20. The molecule has 20 nitrogen and oxygen atoms in total. The molecule has 0 fully saturated rings. The highest BCUT2D eigenvalue weighted by Crippen LogP contribution is 2.13. The SMILES string of the molecule is C=C(C)C(=O)OCCCCCNc1nc(NCCCC)nc(NCCCC)n1.CCCCNc1nc(Cl)nc(NCCCC)n1.CCCCNc1nc(NCCCC)nc(NCCCCCO)n1. The maximum atomic E-state index is 11.3. The number of unbranched alkanes of at least 4 members (excludes halogenated alkanes) is 10. The van der Waals surface area contributed by atoms with Gasteiger partial charge in [-0.1, -0.05) is 86.6 Å². The lowest BCUT2D eigenvalue weighted by atomic mass is 10.2. The number of carbonyl (C=O) groups is 1. The van der Waals surface area contributed by atoms with Crippen LogP contribution in [0.4, 0.5) is 47.6 Å². The maximum Gasteiger partial charge on any atom is 0.333 e. The van der Waals surface area contributed by atoms with Crippen molar-refractivity contribution in [3.8, 4) is 0 Å². The Balaban J connectivity index is 0.000000525. The first kappa shape index (κ1) is 60.9. The molecule has 386 valence electrons. The number of ether oxygens (including phenoxy) is 1. The average molecular weight is 975 g/mol. The van der Waals surface area contributed by atoms with Crippen LogP contribution in [0.15, 0.2) is 12.2 Å². The van der Waals surface area contributed by atoms with Gasteiger partial charge in [0.2, 0.25) is 52.9 Å². The average Bonchev–Trinajstić information content (AvgIpc) is 3.32. The Bertz CT molecular complexity index is 1640. The second kappa shape index (κ2) is 42.0. The number of nitrogens with zero attached hydrogens (tertiary/aromatic N) is 9. The molecule has 3 aromatic heterocycles. The van der Waals surface area contributed by atoms with Gasteiger partial charge < -0.3 is 52.4 Å². The Morgan fingerprint density at radius 3 is 0.926 bits per heavy atom. The van der Waals surface area contributed by atoms with Crippen molar-refractivity contribution in [1.29, 1.82) is 0 Å². The number of nitrogens with one attached hydrogen (secondary N) is 8. The van der Waals surface area contributed by atoms with E-state index >= 15 is 0 Å². The van der Waals surface area contributed by atoms with E-state index in [0.717, 1.165) is 168 Å². The third-order valence-electron chi connectivity index (χ3n) is 9.56. The number of carbonyl (C=O) groups excluding carboxylic acids is 1. The van der Waals surface area contributed by atoms with Crippen LogP contribution in [-0.2, 0) is 9.53 Å². The Hall–Kier alpha value is -5.11. The van der Waals surface area contributed by atoms with Gasteiger partial charge in [0.1, 0.15) is 0 Å². The topological polar surface area (TPSA) is 259 Å². The van der Waals surface area contributed by atoms with Gasteiger partial charge in [0, 0.05) is 64.5 Å². The molecule has 0 unspecified atom stereocenters. The summed E-state index contributed by atoms with van der Waals surface area (Å²) in [6.45, 7) is 25.5. The smallest absolute Gasteiger partial charge is 0.333 e. The number of aliphatic hydroxyl groups excluding tert-OH is 1. The number of hydrogen-bond donors (Lipinski definition) is 9.